The Kier molecular flexibility index (Phi) is 6.96. The summed E-state index contributed by atoms with van der Waals surface area (Å²) in [5.41, 5.74) is 4.70. The van der Waals surface area contributed by atoms with Crippen molar-refractivity contribution in [3.63, 3.8) is 0 Å². The second-order valence-electron chi connectivity index (χ2n) is 9.02. The van der Waals surface area contributed by atoms with E-state index in [4.69, 9.17) is 9.84 Å². The number of carboxylic acid groups (broad SMARTS) is 1. The molecule has 0 radical (unpaired) electrons. The first-order valence-corrected chi connectivity index (χ1v) is 11.6. The van der Waals surface area contributed by atoms with Gasteiger partial charge in [-0.2, -0.15) is 0 Å². The molecule has 4 rings (SSSR count). The van der Waals surface area contributed by atoms with Crippen LogP contribution in [0.3, 0.4) is 0 Å². The van der Waals surface area contributed by atoms with Gasteiger partial charge in [0.2, 0.25) is 5.91 Å². The standard InChI is InChI=1S/C26H30N2O5/c1-16(10-13-24(29)30)27-25(31)17-11-12-18(14-17)28-26(32)33-15-23-21-8-4-2-6-19(21)20-7-3-5-9-22(20)23/h2-9,16-18,23H,10-15H2,1H3,(H,27,31)(H,28,32)(H,29,30). The molecule has 7 nitrogen and oxygen atoms in total. The number of hydrogen-bond acceptors (Lipinski definition) is 4. The SMILES string of the molecule is CC(CCC(=O)O)NC(=O)C1CCC(NC(=O)OCC2c3ccccc3-c3ccccc32)C1. The third-order valence-electron chi connectivity index (χ3n) is 6.65. The van der Waals surface area contributed by atoms with E-state index in [1.54, 1.807) is 0 Å². The first kappa shape index (κ1) is 22.8. The summed E-state index contributed by atoms with van der Waals surface area (Å²) in [7, 11) is 0. The molecule has 2 amide bonds. The van der Waals surface area contributed by atoms with Crippen molar-refractivity contribution in [1.29, 1.82) is 0 Å². The molecule has 33 heavy (non-hydrogen) atoms. The number of nitrogens with one attached hydrogen (secondary N) is 2. The van der Waals surface area contributed by atoms with Crippen LogP contribution in [0.25, 0.3) is 11.1 Å². The van der Waals surface area contributed by atoms with Crippen molar-refractivity contribution in [1.82, 2.24) is 10.6 Å². The Morgan fingerprint density at radius 1 is 1.03 bits per heavy atom. The van der Waals surface area contributed by atoms with Crippen molar-refractivity contribution >= 4 is 18.0 Å². The average Bonchev–Trinajstić information content (AvgIpc) is 3.39. The molecular formula is C26H30N2O5. The molecule has 2 aliphatic carbocycles. The van der Waals surface area contributed by atoms with E-state index in [0.29, 0.717) is 25.7 Å². The van der Waals surface area contributed by atoms with Crippen LogP contribution < -0.4 is 10.6 Å². The Morgan fingerprint density at radius 3 is 2.30 bits per heavy atom. The number of carbonyl (C=O) groups excluding carboxylic acids is 2. The van der Waals surface area contributed by atoms with E-state index in [0.717, 1.165) is 0 Å². The van der Waals surface area contributed by atoms with Gasteiger partial charge in [0.1, 0.15) is 6.61 Å². The molecular weight excluding hydrogens is 420 g/mol. The topological polar surface area (TPSA) is 105 Å². The molecule has 0 aromatic heterocycles. The van der Waals surface area contributed by atoms with E-state index in [2.05, 4.69) is 34.9 Å². The molecule has 3 unspecified atom stereocenters. The lowest BCUT2D eigenvalue weighted by molar-refractivity contribution is -0.137. The second kappa shape index (κ2) is 10.1. The first-order chi connectivity index (χ1) is 15.9. The van der Waals surface area contributed by atoms with E-state index < -0.39 is 12.1 Å². The summed E-state index contributed by atoms with van der Waals surface area (Å²) in [6, 6.07) is 16.1. The van der Waals surface area contributed by atoms with Gasteiger partial charge in [0.25, 0.3) is 0 Å². The Labute approximate surface area is 193 Å². The summed E-state index contributed by atoms with van der Waals surface area (Å²) in [4.78, 5) is 35.6. The third kappa shape index (κ3) is 5.35. The highest BCUT2D eigenvalue weighted by Gasteiger charge is 2.33. The predicted octanol–water partition coefficient (Wildman–Crippen LogP) is 4.06. The van der Waals surface area contributed by atoms with E-state index in [9.17, 15) is 14.4 Å². The van der Waals surface area contributed by atoms with E-state index in [1.807, 2.05) is 31.2 Å². The van der Waals surface area contributed by atoms with E-state index in [-0.39, 0.29) is 42.9 Å². The maximum Gasteiger partial charge on any atom is 0.407 e. The molecule has 2 aromatic carbocycles. The van der Waals surface area contributed by atoms with Gasteiger partial charge in [-0.15, -0.1) is 0 Å². The number of carboxylic acids is 1. The lowest BCUT2D eigenvalue weighted by Gasteiger charge is -2.18. The van der Waals surface area contributed by atoms with Gasteiger partial charge in [0.15, 0.2) is 0 Å². The molecule has 174 valence electrons. The normalized spacial score (nSPS) is 19.9. The quantitative estimate of drug-likeness (QED) is 0.563. The molecule has 3 atom stereocenters. The van der Waals surface area contributed by atoms with Gasteiger partial charge in [-0.1, -0.05) is 48.5 Å². The average molecular weight is 451 g/mol. The molecule has 0 saturated heterocycles. The van der Waals surface area contributed by atoms with Crippen LogP contribution in [0.1, 0.15) is 56.1 Å². The zero-order chi connectivity index (χ0) is 23.4. The zero-order valence-electron chi connectivity index (χ0n) is 18.8. The van der Waals surface area contributed by atoms with Gasteiger partial charge in [-0.25, -0.2) is 4.79 Å². The van der Waals surface area contributed by atoms with Crippen molar-refractivity contribution in [2.45, 2.75) is 57.0 Å². The van der Waals surface area contributed by atoms with Crippen LogP contribution in [0.15, 0.2) is 48.5 Å². The number of hydrogen-bond donors (Lipinski definition) is 3. The highest BCUT2D eigenvalue weighted by Crippen LogP contribution is 2.44. The fourth-order valence-electron chi connectivity index (χ4n) is 4.93. The van der Waals surface area contributed by atoms with Crippen LogP contribution in [0.2, 0.25) is 0 Å². The van der Waals surface area contributed by atoms with E-state index in [1.165, 1.54) is 22.3 Å². The summed E-state index contributed by atoms with van der Waals surface area (Å²) in [6.07, 6.45) is 1.92. The molecule has 1 saturated carbocycles. The minimum Gasteiger partial charge on any atom is -0.481 e. The lowest BCUT2D eigenvalue weighted by atomic mass is 9.98. The monoisotopic (exact) mass is 450 g/mol. The van der Waals surface area contributed by atoms with Crippen molar-refractivity contribution in [3.8, 4) is 11.1 Å². The Morgan fingerprint density at radius 2 is 1.67 bits per heavy atom. The number of ether oxygens (including phenoxy) is 1. The second-order valence-corrected chi connectivity index (χ2v) is 9.02. The van der Waals surface area contributed by atoms with Gasteiger partial charge in [0.05, 0.1) is 0 Å². The van der Waals surface area contributed by atoms with Gasteiger partial charge in [0, 0.05) is 30.3 Å². The lowest BCUT2D eigenvalue weighted by Crippen LogP contribution is -2.38. The van der Waals surface area contributed by atoms with Gasteiger partial charge >= 0.3 is 12.1 Å². The zero-order valence-corrected chi connectivity index (χ0v) is 18.8. The molecule has 2 aromatic rings. The van der Waals surface area contributed by atoms with Crippen LogP contribution in [-0.4, -0.2) is 41.8 Å². The molecule has 0 aliphatic heterocycles. The molecule has 0 heterocycles. The van der Waals surface area contributed by atoms with E-state index >= 15 is 0 Å². The number of benzene rings is 2. The van der Waals surface area contributed by atoms with Crippen molar-refractivity contribution in [2.75, 3.05) is 6.61 Å². The molecule has 1 fully saturated rings. The predicted molar refractivity (Wildman–Crippen MR) is 124 cm³/mol. The van der Waals surface area contributed by atoms with Crippen LogP contribution in [0, 0.1) is 5.92 Å². The molecule has 0 spiro atoms. The van der Waals surface area contributed by atoms with Crippen molar-refractivity contribution < 1.29 is 24.2 Å². The fraction of sp³-hybridized carbons (Fsp3) is 0.423. The minimum atomic E-state index is -0.871. The molecule has 7 heteroatoms. The van der Waals surface area contributed by atoms with Crippen LogP contribution >= 0.6 is 0 Å². The maximum absolute atomic E-state index is 12.5. The fourth-order valence-corrected chi connectivity index (χ4v) is 4.93. The van der Waals surface area contributed by atoms with Crippen LogP contribution in [0.4, 0.5) is 4.79 Å². The highest BCUT2D eigenvalue weighted by atomic mass is 16.5. The molecule has 0 bridgehead atoms. The van der Waals surface area contributed by atoms with Crippen molar-refractivity contribution in [2.24, 2.45) is 5.92 Å². The van der Waals surface area contributed by atoms with Crippen LogP contribution in [0.5, 0.6) is 0 Å². The smallest absolute Gasteiger partial charge is 0.407 e. The Bertz CT molecular complexity index is 991. The minimum absolute atomic E-state index is 0.0116. The van der Waals surface area contributed by atoms with Gasteiger partial charge in [-0.05, 0) is 54.9 Å². The van der Waals surface area contributed by atoms with Crippen molar-refractivity contribution in [3.05, 3.63) is 59.7 Å². The summed E-state index contributed by atoms with van der Waals surface area (Å²) < 4.78 is 5.61. The van der Waals surface area contributed by atoms with Crippen LogP contribution in [-0.2, 0) is 14.3 Å². The largest absolute Gasteiger partial charge is 0.481 e. The highest BCUT2D eigenvalue weighted by molar-refractivity contribution is 5.80. The first-order valence-electron chi connectivity index (χ1n) is 11.6. The molecule has 3 N–H and O–H groups in total. The number of rotatable bonds is 8. The summed E-state index contributed by atoms with van der Waals surface area (Å²) in [6.45, 7) is 2.07. The summed E-state index contributed by atoms with van der Waals surface area (Å²) >= 11 is 0. The Balaban J connectivity index is 1.26. The number of aliphatic carboxylic acids is 1. The number of amides is 2. The Hall–Kier alpha value is -3.35. The number of fused-ring (bicyclic) bond motifs is 3. The third-order valence-corrected chi connectivity index (χ3v) is 6.65. The summed E-state index contributed by atoms with van der Waals surface area (Å²) in [5, 5.41) is 14.6. The molecule has 2 aliphatic rings. The van der Waals surface area contributed by atoms with Gasteiger partial charge in [-0.3, -0.25) is 9.59 Å². The number of alkyl carbamates (subject to hydrolysis) is 1. The maximum atomic E-state index is 12.5. The summed E-state index contributed by atoms with van der Waals surface area (Å²) in [5.74, 6) is -1.12. The van der Waals surface area contributed by atoms with Gasteiger partial charge < -0.3 is 20.5 Å². The number of carbonyl (C=O) groups is 3.